The minimum atomic E-state index is -4.99. The van der Waals surface area contributed by atoms with E-state index >= 15 is 0 Å². The van der Waals surface area contributed by atoms with Crippen LogP contribution in [-0.2, 0) is 65.4 Å². The molecule has 0 fully saturated rings. The number of hydrogen-bond donors (Lipinski definition) is 3. The van der Waals surface area contributed by atoms with Crippen molar-refractivity contribution in [2.75, 3.05) is 39.6 Å². The summed E-state index contributed by atoms with van der Waals surface area (Å²) >= 11 is 0. The molecule has 0 spiro atoms. The molecule has 19 heteroatoms. The minimum absolute atomic E-state index is 0.0830. The second kappa shape index (κ2) is 74.7. The smallest absolute Gasteiger partial charge is 0.462 e. The molecular weight excluding hydrogens is 1330 g/mol. The molecule has 0 aromatic carbocycles. The molecule has 0 saturated carbocycles. The number of esters is 4. The highest BCUT2D eigenvalue weighted by molar-refractivity contribution is 7.47. The fourth-order valence-corrected chi connectivity index (χ4v) is 12.0. The molecule has 0 rings (SSSR count). The van der Waals surface area contributed by atoms with Crippen molar-refractivity contribution in [1.29, 1.82) is 0 Å². The van der Waals surface area contributed by atoms with Gasteiger partial charge in [0.25, 0.3) is 0 Å². The SMILES string of the molecule is CC/C=C\C/C=C\C/C=C\C/C=C\C/C=C\CCCCCC(=O)OCC(COP(=O)(O)OCC(O)COP(=O)(O)OCC(COC(=O)CCC/C=C\C/C=C\C/C=C\C/C=C\C/C=C\CC)OC(=O)CCCCCCCCCCCCC)OC(=O)CCCCCCCCCCCCCCCCC. The van der Waals surface area contributed by atoms with Gasteiger partial charge in [-0.05, 0) is 109 Å². The summed E-state index contributed by atoms with van der Waals surface area (Å²) in [7, 11) is -9.97. The Bertz CT molecular complexity index is 2410. The highest BCUT2D eigenvalue weighted by Crippen LogP contribution is 2.45. The zero-order valence-corrected chi connectivity index (χ0v) is 65.8. The number of ether oxygens (including phenoxy) is 4. The fraction of sp³-hybridized carbons (Fsp3) is 0.711. The van der Waals surface area contributed by atoms with Crippen molar-refractivity contribution >= 4 is 39.5 Å². The van der Waals surface area contributed by atoms with Gasteiger partial charge in [-0.2, -0.15) is 0 Å². The second-order valence-electron chi connectivity index (χ2n) is 26.3. The topological polar surface area (TPSA) is 237 Å². The Morgan fingerprint density at radius 2 is 0.520 bits per heavy atom. The third-order valence-electron chi connectivity index (χ3n) is 16.5. The lowest BCUT2D eigenvalue weighted by molar-refractivity contribution is -0.161. The largest absolute Gasteiger partial charge is 0.472 e. The number of allylic oxidation sites excluding steroid dienone is 20. The summed E-state index contributed by atoms with van der Waals surface area (Å²) in [6.45, 7) is 4.57. The molecular formula is C83H142O17P2. The zero-order chi connectivity index (χ0) is 74.6. The lowest BCUT2D eigenvalue weighted by atomic mass is 10.0. The van der Waals surface area contributed by atoms with Crippen LogP contribution in [0.5, 0.6) is 0 Å². The van der Waals surface area contributed by atoms with Crippen LogP contribution in [0.3, 0.4) is 0 Å². The van der Waals surface area contributed by atoms with E-state index in [1.54, 1.807) is 0 Å². The number of carbonyl (C=O) groups excluding carboxylic acids is 4. The van der Waals surface area contributed by atoms with Crippen LogP contribution in [0.4, 0.5) is 0 Å². The van der Waals surface area contributed by atoms with Gasteiger partial charge in [0.15, 0.2) is 12.2 Å². The first-order valence-electron chi connectivity index (χ1n) is 39.8. The number of unbranched alkanes of at least 4 members (excludes halogenated alkanes) is 28. The number of aliphatic hydroxyl groups is 1. The van der Waals surface area contributed by atoms with E-state index in [9.17, 15) is 43.2 Å². The van der Waals surface area contributed by atoms with E-state index in [4.69, 9.17) is 37.0 Å². The maximum atomic E-state index is 13.1. The summed E-state index contributed by atoms with van der Waals surface area (Å²) in [6, 6.07) is 0. The summed E-state index contributed by atoms with van der Waals surface area (Å²) < 4.78 is 68.5. The Kier molecular flexibility index (Phi) is 71.4. The van der Waals surface area contributed by atoms with Crippen molar-refractivity contribution < 1.29 is 80.2 Å². The van der Waals surface area contributed by atoms with Crippen LogP contribution in [0.25, 0.3) is 0 Å². The van der Waals surface area contributed by atoms with E-state index in [2.05, 4.69) is 137 Å². The maximum absolute atomic E-state index is 13.1. The normalized spacial score (nSPS) is 14.5. The van der Waals surface area contributed by atoms with Crippen molar-refractivity contribution in [2.24, 2.45) is 0 Å². The molecule has 0 heterocycles. The number of phosphoric acid groups is 2. The summed E-state index contributed by atoms with van der Waals surface area (Å²) in [5.41, 5.74) is 0. The van der Waals surface area contributed by atoms with Gasteiger partial charge in [-0.25, -0.2) is 9.13 Å². The molecule has 0 aliphatic rings. The summed E-state index contributed by atoms with van der Waals surface area (Å²) in [5, 5.41) is 10.6. The molecule has 0 saturated heterocycles. The van der Waals surface area contributed by atoms with Gasteiger partial charge in [-0.1, -0.05) is 310 Å². The molecule has 5 unspecified atom stereocenters. The predicted molar refractivity (Wildman–Crippen MR) is 418 cm³/mol. The van der Waals surface area contributed by atoms with Gasteiger partial charge in [-0.3, -0.25) is 37.3 Å². The molecule has 17 nitrogen and oxygen atoms in total. The van der Waals surface area contributed by atoms with Crippen LogP contribution in [0.15, 0.2) is 122 Å². The maximum Gasteiger partial charge on any atom is 0.472 e. The Balaban J connectivity index is 5.39. The van der Waals surface area contributed by atoms with Gasteiger partial charge in [0, 0.05) is 25.7 Å². The van der Waals surface area contributed by atoms with Crippen LogP contribution in [0.2, 0.25) is 0 Å². The van der Waals surface area contributed by atoms with Crippen molar-refractivity contribution in [3.63, 3.8) is 0 Å². The molecule has 5 atom stereocenters. The molecule has 0 radical (unpaired) electrons. The van der Waals surface area contributed by atoms with E-state index in [-0.39, 0.29) is 25.7 Å². The predicted octanol–water partition coefficient (Wildman–Crippen LogP) is 23.1. The minimum Gasteiger partial charge on any atom is -0.462 e. The average Bonchev–Trinajstić information content (AvgIpc) is 0.939. The Morgan fingerprint density at radius 3 is 0.824 bits per heavy atom. The molecule has 0 aliphatic carbocycles. The number of hydrogen-bond acceptors (Lipinski definition) is 15. The standard InChI is InChI=1S/C83H142O17P2/c1-5-9-13-17-21-25-29-32-35-37-38-40-43-45-49-52-56-60-64-68-81(86)94-74-79(100-83(88)70-66-62-58-54-50-46-41-34-31-27-23-19-15-11-7-3)76-98-102(91,92)96-72-77(84)71-95-101(89,90)97-75-78(99-82(87)69-65-61-57-53-47-28-24-20-16-12-8-4)73-93-80(85)67-63-59-55-51-48-44-42-39-36-33-30-26-22-18-14-10-6-2/h9-10,13-14,21-22,25-26,32-33,35-36,38,40,42,44-45,49,51,55,77-79,84H,5-8,11-12,15-20,23-24,27-31,34,37,39,41,43,46-48,50,52-54,56-76H2,1-4H3,(H,89,90)(H,91,92)/b13-9-,14-10-,25-21-,26-22-,35-32-,36-33-,40-38-,44-42-,49-45-,55-51-. The van der Waals surface area contributed by atoms with E-state index in [0.29, 0.717) is 32.1 Å². The zero-order valence-electron chi connectivity index (χ0n) is 64.0. The quantitative estimate of drug-likeness (QED) is 0.0169. The van der Waals surface area contributed by atoms with E-state index < -0.39 is 97.5 Å². The van der Waals surface area contributed by atoms with Crippen LogP contribution in [0, 0.1) is 0 Å². The first-order valence-corrected chi connectivity index (χ1v) is 42.8. The molecule has 102 heavy (non-hydrogen) atoms. The third-order valence-corrected chi connectivity index (χ3v) is 18.4. The number of phosphoric ester groups is 2. The van der Waals surface area contributed by atoms with E-state index in [1.165, 1.54) is 103 Å². The fourth-order valence-electron chi connectivity index (χ4n) is 10.5. The lowest BCUT2D eigenvalue weighted by Gasteiger charge is -2.21. The lowest BCUT2D eigenvalue weighted by Crippen LogP contribution is -2.30. The Morgan fingerprint density at radius 1 is 0.284 bits per heavy atom. The number of rotatable bonds is 74. The molecule has 0 aromatic heterocycles. The van der Waals surface area contributed by atoms with E-state index in [0.717, 1.165) is 135 Å². The van der Waals surface area contributed by atoms with Crippen molar-refractivity contribution in [3.05, 3.63) is 122 Å². The van der Waals surface area contributed by atoms with Gasteiger partial charge in [-0.15, -0.1) is 0 Å². The Labute approximate surface area is 619 Å². The molecule has 0 aromatic rings. The summed E-state index contributed by atoms with van der Waals surface area (Å²) in [6.07, 6.45) is 81.9. The van der Waals surface area contributed by atoms with Crippen molar-refractivity contribution in [3.8, 4) is 0 Å². The van der Waals surface area contributed by atoms with Crippen LogP contribution in [0.1, 0.15) is 323 Å². The highest BCUT2D eigenvalue weighted by atomic mass is 31.2. The molecule has 3 N–H and O–H groups in total. The van der Waals surface area contributed by atoms with Crippen molar-refractivity contribution in [2.45, 2.75) is 341 Å². The first-order chi connectivity index (χ1) is 49.7. The number of aliphatic hydroxyl groups excluding tert-OH is 1. The summed E-state index contributed by atoms with van der Waals surface area (Å²) in [4.78, 5) is 72.9. The van der Waals surface area contributed by atoms with Gasteiger partial charge in [0.2, 0.25) is 0 Å². The van der Waals surface area contributed by atoms with Gasteiger partial charge < -0.3 is 33.8 Å². The van der Waals surface area contributed by atoms with Crippen LogP contribution in [-0.4, -0.2) is 96.7 Å². The van der Waals surface area contributed by atoms with Gasteiger partial charge >= 0.3 is 39.5 Å². The van der Waals surface area contributed by atoms with E-state index in [1.807, 2.05) is 12.2 Å². The van der Waals surface area contributed by atoms with Gasteiger partial charge in [0.1, 0.15) is 19.3 Å². The summed E-state index contributed by atoms with van der Waals surface area (Å²) in [5.74, 6) is -2.27. The van der Waals surface area contributed by atoms with Crippen molar-refractivity contribution in [1.82, 2.24) is 0 Å². The van der Waals surface area contributed by atoms with Crippen LogP contribution >= 0.6 is 15.6 Å². The molecule has 0 aliphatic heterocycles. The highest BCUT2D eigenvalue weighted by Gasteiger charge is 2.30. The third kappa shape index (κ3) is 73.8. The van der Waals surface area contributed by atoms with Gasteiger partial charge in [0.05, 0.1) is 26.4 Å². The number of carbonyl (C=O) groups is 4. The molecule has 0 bridgehead atoms. The average molecular weight is 1470 g/mol. The van der Waals surface area contributed by atoms with Crippen LogP contribution < -0.4 is 0 Å². The second-order valence-corrected chi connectivity index (χ2v) is 29.2. The monoisotopic (exact) mass is 1470 g/mol. The Hall–Kier alpha value is -4.54. The first kappa shape index (κ1) is 97.5. The molecule has 0 amide bonds. The molecule has 586 valence electrons.